The Morgan fingerprint density at radius 1 is 1.15 bits per heavy atom. The number of amides is 1. The number of aliphatic hydroxyl groups is 1. The quantitative estimate of drug-likeness (QED) is 0.326. The Kier molecular flexibility index (Phi) is 12.1. The largest absolute Gasteiger partial charge is 0.481 e. The zero-order valence-corrected chi connectivity index (χ0v) is 17.2. The maximum Gasteiger partial charge on any atom is 0.303 e. The van der Waals surface area contributed by atoms with E-state index in [1.54, 1.807) is 4.90 Å². The van der Waals surface area contributed by atoms with Crippen LogP contribution in [0.2, 0.25) is 0 Å². The Morgan fingerprint density at radius 3 is 2.52 bits per heavy atom. The molecule has 1 aliphatic rings. The maximum atomic E-state index is 12.4. The number of carboxylic acid groups (broad SMARTS) is 1. The van der Waals surface area contributed by atoms with Gasteiger partial charge in [0.25, 0.3) is 0 Å². The SMILES string of the molecule is CCCCCCCC(O)C=CC1CN(C)C(=O)C1CCCCCCC(=O)O. The third-order valence-electron chi connectivity index (χ3n) is 5.53. The smallest absolute Gasteiger partial charge is 0.303 e. The molecule has 0 aromatic carbocycles. The van der Waals surface area contributed by atoms with Gasteiger partial charge in [-0.15, -0.1) is 0 Å². The number of aliphatic carboxylic acids is 1. The van der Waals surface area contributed by atoms with Crippen molar-refractivity contribution in [2.75, 3.05) is 13.6 Å². The normalized spacial score (nSPS) is 21.3. The van der Waals surface area contributed by atoms with Crippen molar-refractivity contribution >= 4 is 11.9 Å². The Labute approximate surface area is 164 Å². The summed E-state index contributed by atoms with van der Waals surface area (Å²) in [5.41, 5.74) is 0. The lowest BCUT2D eigenvalue weighted by molar-refractivity contribution is -0.137. The number of rotatable bonds is 15. The molecule has 156 valence electrons. The zero-order chi connectivity index (χ0) is 20.1. The van der Waals surface area contributed by atoms with Crippen LogP contribution in [0.1, 0.15) is 84.0 Å². The van der Waals surface area contributed by atoms with Crippen molar-refractivity contribution in [1.82, 2.24) is 4.90 Å². The van der Waals surface area contributed by atoms with E-state index in [9.17, 15) is 14.7 Å². The van der Waals surface area contributed by atoms with Crippen LogP contribution in [0.15, 0.2) is 12.2 Å². The first-order valence-corrected chi connectivity index (χ1v) is 10.8. The van der Waals surface area contributed by atoms with Gasteiger partial charge in [0.05, 0.1) is 6.10 Å². The van der Waals surface area contributed by atoms with Crippen LogP contribution in [0.25, 0.3) is 0 Å². The summed E-state index contributed by atoms with van der Waals surface area (Å²) in [5.74, 6) is -0.361. The second-order valence-electron chi connectivity index (χ2n) is 7.99. The fourth-order valence-electron chi connectivity index (χ4n) is 3.85. The third kappa shape index (κ3) is 9.94. The number of nitrogens with zero attached hydrogens (tertiary/aromatic N) is 1. The number of carboxylic acids is 1. The highest BCUT2D eigenvalue weighted by atomic mass is 16.4. The number of aliphatic hydroxyl groups excluding tert-OH is 1. The monoisotopic (exact) mass is 381 g/mol. The molecule has 3 atom stereocenters. The Hall–Kier alpha value is -1.36. The predicted octanol–water partition coefficient (Wildman–Crippen LogP) is 4.39. The molecule has 0 spiro atoms. The van der Waals surface area contributed by atoms with Crippen molar-refractivity contribution < 1.29 is 19.8 Å². The molecule has 1 amide bonds. The maximum absolute atomic E-state index is 12.4. The molecule has 2 N–H and O–H groups in total. The first kappa shape index (κ1) is 23.7. The van der Waals surface area contributed by atoms with E-state index < -0.39 is 12.1 Å². The van der Waals surface area contributed by atoms with Crippen LogP contribution in [0, 0.1) is 11.8 Å². The molecule has 0 aromatic rings. The Morgan fingerprint density at radius 2 is 1.81 bits per heavy atom. The van der Waals surface area contributed by atoms with E-state index in [-0.39, 0.29) is 24.2 Å². The average Bonchev–Trinajstić information content (AvgIpc) is 2.90. The van der Waals surface area contributed by atoms with Crippen molar-refractivity contribution in [3.8, 4) is 0 Å². The molecule has 1 rings (SSSR count). The number of hydrogen-bond acceptors (Lipinski definition) is 3. The summed E-state index contributed by atoms with van der Waals surface area (Å²) >= 11 is 0. The Bertz CT molecular complexity index is 463. The summed E-state index contributed by atoms with van der Waals surface area (Å²) in [4.78, 5) is 24.7. The molecule has 1 saturated heterocycles. The number of likely N-dealkylation sites (tertiary alicyclic amines) is 1. The first-order chi connectivity index (χ1) is 13.0. The van der Waals surface area contributed by atoms with Gasteiger partial charge in [0.2, 0.25) is 5.91 Å². The van der Waals surface area contributed by atoms with Crippen LogP contribution < -0.4 is 0 Å². The highest BCUT2D eigenvalue weighted by Gasteiger charge is 2.36. The molecule has 5 nitrogen and oxygen atoms in total. The van der Waals surface area contributed by atoms with Crippen LogP contribution >= 0.6 is 0 Å². The van der Waals surface area contributed by atoms with E-state index >= 15 is 0 Å². The molecule has 1 aliphatic heterocycles. The number of carbonyl (C=O) groups is 2. The second kappa shape index (κ2) is 13.8. The second-order valence-corrected chi connectivity index (χ2v) is 7.99. The van der Waals surface area contributed by atoms with E-state index in [1.165, 1.54) is 25.7 Å². The predicted molar refractivity (Wildman–Crippen MR) is 108 cm³/mol. The molecule has 1 fully saturated rings. The number of unbranched alkanes of at least 4 members (excludes halogenated alkanes) is 7. The average molecular weight is 382 g/mol. The topological polar surface area (TPSA) is 77.8 Å². The van der Waals surface area contributed by atoms with Crippen LogP contribution in [-0.2, 0) is 9.59 Å². The fourth-order valence-corrected chi connectivity index (χ4v) is 3.85. The van der Waals surface area contributed by atoms with Crippen LogP contribution in [-0.4, -0.2) is 46.7 Å². The summed E-state index contributed by atoms with van der Waals surface area (Å²) < 4.78 is 0. The highest BCUT2D eigenvalue weighted by Crippen LogP contribution is 2.30. The van der Waals surface area contributed by atoms with E-state index in [1.807, 2.05) is 19.2 Å². The van der Waals surface area contributed by atoms with Crippen LogP contribution in [0.3, 0.4) is 0 Å². The molecule has 0 radical (unpaired) electrons. The lowest BCUT2D eigenvalue weighted by Gasteiger charge is -2.14. The third-order valence-corrected chi connectivity index (χ3v) is 5.53. The van der Waals surface area contributed by atoms with Gasteiger partial charge in [-0.05, 0) is 19.3 Å². The minimum Gasteiger partial charge on any atom is -0.481 e. The minimum absolute atomic E-state index is 0.00229. The first-order valence-electron chi connectivity index (χ1n) is 10.8. The summed E-state index contributed by atoms with van der Waals surface area (Å²) in [6, 6.07) is 0. The molecular weight excluding hydrogens is 342 g/mol. The van der Waals surface area contributed by atoms with Crippen LogP contribution in [0.5, 0.6) is 0 Å². The molecule has 5 heteroatoms. The lowest BCUT2D eigenvalue weighted by Crippen LogP contribution is -2.22. The molecular formula is C22H39NO4. The fraction of sp³-hybridized carbons (Fsp3) is 0.818. The van der Waals surface area contributed by atoms with Crippen molar-refractivity contribution in [2.45, 2.75) is 90.1 Å². The minimum atomic E-state index is -0.739. The van der Waals surface area contributed by atoms with Crippen LogP contribution in [0.4, 0.5) is 0 Å². The zero-order valence-electron chi connectivity index (χ0n) is 17.2. The van der Waals surface area contributed by atoms with Gasteiger partial charge < -0.3 is 15.1 Å². The number of carbonyl (C=O) groups excluding carboxylic acids is 1. The summed E-state index contributed by atoms with van der Waals surface area (Å²) in [7, 11) is 1.85. The van der Waals surface area contributed by atoms with Gasteiger partial charge in [-0.25, -0.2) is 0 Å². The molecule has 0 saturated carbocycles. The van der Waals surface area contributed by atoms with Gasteiger partial charge in [-0.2, -0.15) is 0 Å². The molecule has 27 heavy (non-hydrogen) atoms. The summed E-state index contributed by atoms with van der Waals surface area (Å²) in [6.07, 6.45) is 14.9. The van der Waals surface area contributed by atoms with E-state index in [0.717, 1.165) is 45.1 Å². The van der Waals surface area contributed by atoms with Gasteiger partial charge in [0.1, 0.15) is 0 Å². The van der Waals surface area contributed by atoms with E-state index in [2.05, 4.69) is 6.92 Å². The van der Waals surface area contributed by atoms with E-state index in [4.69, 9.17) is 5.11 Å². The van der Waals surface area contributed by atoms with Crippen molar-refractivity contribution in [2.24, 2.45) is 11.8 Å². The van der Waals surface area contributed by atoms with Gasteiger partial charge in [-0.1, -0.05) is 70.4 Å². The van der Waals surface area contributed by atoms with Crippen molar-refractivity contribution in [1.29, 1.82) is 0 Å². The molecule has 3 unspecified atom stereocenters. The summed E-state index contributed by atoms with van der Waals surface area (Å²) in [5, 5.41) is 18.8. The molecule has 0 bridgehead atoms. The van der Waals surface area contributed by atoms with Crippen molar-refractivity contribution in [3.05, 3.63) is 12.2 Å². The molecule has 0 aliphatic carbocycles. The highest BCUT2D eigenvalue weighted by molar-refractivity contribution is 5.81. The van der Waals surface area contributed by atoms with Gasteiger partial charge >= 0.3 is 5.97 Å². The van der Waals surface area contributed by atoms with Gasteiger partial charge in [-0.3, -0.25) is 9.59 Å². The number of hydrogen-bond donors (Lipinski definition) is 2. The van der Waals surface area contributed by atoms with Gasteiger partial charge in [0.15, 0.2) is 0 Å². The van der Waals surface area contributed by atoms with Crippen molar-refractivity contribution in [3.63, 3.8) is 0 Å². The summed E-state index contributed by atoms with van der Waals surface area (Å²) in [6.45, 7) is 2.92. The van der Waals surface area contributed by atoms with Gasteiger partial charge in [0, 0.05) is 31.8 Å². The lowest BCUT2D eigenvalue weighted by atomic mass is 9.89. The van der Waals surface area contributed by atoms with E-state index in [0.29, 0.717) is 6.42 Å². The Balaban J connectivity index is 2.33. The molecule has 1 heterocycles. The molecule has 0 aromatic heterocycles. The standard InChI is InChI=1S/C22H39NO4/c1-3-4-5-6-9-12-19(24)16-15-18-17-23(2)22(27)20(18)13-10-7-8-11-14-21(25)26/h15-16,18-20,24H,3-14,17H2,1-2H3,(H,25,26).